The van der Waals surface area contributed by atoms with Gasteiger partial charge in [-0.1, -0.05) is 12.2 Å². The second-order valence-corrected chi connectivity index (χ2v) is 6.38. The highest BCUT2D eigenvalue weighted by Gasteiger charge is 2.33. The fourth-order valence-corrected chi connectivity index (χ4v) is 3.51. The molecule has 2 aromatic heterocycles. The van der Waals surface area contributed by atoms with Crippen molar-refractivity contribution in [3.63, 3.8) is 0 Å². The molecule has 0 aliphatic carbocycles. The second-order valence-electron chi connectivity index (χ2n) is 3.80. The first-order valence-electron chi connectivity index (χ1n) is 5.61. The number of nitrogens with zero attached hydrogens (tertiary/aromatic N) is 1. The summed E-state index contributed by atoms with van der Waals surface area (Å²) in [5.74, 6) is 0.0884. The van der Waals surface area contributed by atoms with E-state index in [1.807, 2.05) is 6.07 Å². The van der Waals surface area contributed by atoms with Gasteiger partial charge in [-0.15, -0.1) is 0 Å². The third-order valence-corrected chi connectivity index (χ3v) is 5.24. The third kappa shape index (κ3) is 2.52. The summed E-state index contributed by atoms with van der Waals surface area (Å²) in [6.07, 6.45) is 1.41. The molecule has 2 aromatic rings. The SMILES string of the molecule is COP(=O)(OC)c1c(N)oc(-c2ccco2)c(C#N)c1=S. The Hall–Kier alpha value is -1.91. The third-order valence-electron chi connectivity index (χ3n) is 2.73. The minimum absolute atomic E-state index is 0.0292. The van der Waals surface area contributed by atoms with E-state index >= 15 is 0 Å². The monoisotopic (exact) mass is 326 g/mol. The summed E-state index contributed by atoms with van der Waals surface area (Å²) >= 11 is 5.18. The molecule has 2 rings (SSSR count). The Balaban J connectivity index is 2.83. The maximum atomic E-state index is 12.5. The van der Waals surface area contributed by atoms with Crippen molar-refractivity contribution in [2.45, 2.75) is 0 Å². The Morgan fingerprint density at radius 1 is 1.43 bits per heavy atom. The molecule has 110 valence electrons. The van der Waals surface area contributed by atoms with Crippen molar-refractivity contribution in [1.82, 2.24) is 0 Å². The number of nitrogens with two attached hydrogens (primary N) is 1. The number of hydrogen-bond donors (Lipinski definition) is 1. The topological polar surface area (TPSA) is 112 Å². The van der Waals surface area contributed by atoms with Crippen LogP contribution in [0.3, 0.4) is 0 Å². The standard InChI is InChI=1S/C12H11N2O5PS/c1-16-20(15,17-2)10-11(21)7(6-13)9(19-12(10)14)8-4-3-5-18-8/h3-5H,14H2,1-2H3. The molecule has 0 aliphatic heterocycles. The highest BCUT2D eigenvalue weighted by Crippen LogP contribution is 2.48. The molecule has 9 heteroatoms. The summed E-state index contributed by atoms with van der Waals surface area (Å²) < 4.78 is 32.7. The summed E-state index contributed by atoms with van der Waals surface area (Å²) in [7, 11) is -1.38. The first-order valence-corrected chi connectivity index (χ1v) is 7.56. The smallest absolute Gasteiger partial charge is 0.367 e. The zero-order chi connectivity index (χ0) is 15.6. The second kappa shape index (κ2) is 5.84. The van der Waals surface area contributed by atoms with Crippen LogP contribution in [0.15, 0.2) is 27.2 Å². The van der Waals surface area contributed by atoms with Crippen LogP contribution < -0.4 is 11.0 Å². The number of rotatable bonds is 4. The minimum Gasteiger partial charge on any atom is -0.461 e. The van der Waals surface area contributed by atoms with Crippen molar-refractivity contribution < 1.29 is 22.4 Å². The van der Waals surface area contributed by atoms with Gasteiger partial charge in [0.2, 0.25) is 5.88 Å². The van der Waals surface area contributed by atoms with E-state index in [4.69, 9.17) is 35.8 Å². The van der Waals surface area contributed by atoms with E-state index < -0.39 is 7.60 Å². The van der Waals surface area contributed by atoms with Gasteiger partial charge in [0.1, 0.15) is 16.9 Å². The van der Waals surface area contributed by atoms with Crippen molar-refractivity contribution >= 4 is 31.0 Å². The lowest BCUT2D eigenvalue weighted by atomic mass is 10.2. The van der Waals surface area contributed by atoms with E-state index in [9.17, 15) is 9.83 Å². The zero-order valence-corrected chi connectivity index (χ0v) is 12.9. The molecule has 7 nitrogen and oxygen atoms in total. The van der Waals surface area contributed by atoms with Crippen LogP contribution in [0.25, 0.3) is 11.5 Å². The molecule has 21 heavy (non-hydrogen) atoms. The predicted molar refractivity (Wildman–Crippen MR) is 77.6 cm³/mol. The van der Waals surface area contributed by atoms with Crippen LogP contribution in [0.1, 0.15) is 5.56 Å². The molecular weight excluding hydrogens is 315 g/mol. The molecule has 0 saturated heterocycles. The lowest BCUT2D eigenvalue weighted by Gasteiger charge is -2.16. The van der Waals surface area contributed by atoms with Gasteiger partial charge >= 0.3 is 7.60 Å². The van der Waals surface area contributed by atoms with Crippen LogP contribution in [0, 0.1) is 15.8 Å². The van der Waals surface area contributed by atoms with Gasteiger partial charge in [-0.05, 0) is 12.1 Å². The molecule has 0 bridgehead atoms. The van der Waals surface area contributed by atoms with Crippen LogP contribution in [0.5, 0.6) is 0 Å². The number of anilines is 1. The van der Waals surface area contributed by atoms with Gasteiger partial charge in [0, 0.05) is 14.2 Å². The first-order chi connectivity index (χ1) is 9.98. The molecular formula is C12H11N2O5PS. The molecule has 0 unspecified atom stereocenters. The van der Waals surface area contributed by atoms with Gasteiger partial charge in [0.25, 0.3) is 0 Å². The molecule has 2 heterocycles. The van der Waals surface area contributed by atoms with Crippen LogP contribution in [0.4, 0.5) is 5.88 Å². The summed E-state index contributed by atoms with van der Waals surface area (Å²) in [6.45, 7) is 0. The van der Waals surface area contributed by atoms with Gasteiger partial charge in [0.05, 0.1) is 10.8 Å². The fraction of sp³-hybridized carbons (Fsp3) is 0.167. The zero-order valence-electron chi connectivity index (χ0n) is 11.2. The van der Waals surface area contributed by atoms with E-state index in [0.717, 1.165) is 0 Å². The van der Waals surface area contributed by atoms with Crippen molar-refractivity contribution in [3.05, 3.63) is 28.5 Å². The Labute approximate surface area is 125 Å². The van der Waals surface area contributed by atoms with E-state index in [1.165, 1.54) is 20.5 Å². The fourth-order valence-electron chi connectivity index (χ4n) is 1.74. The minimum atomic E-state index is -3.75. The summed E-state index contributed by atoms with van der Waals surface area (Å²) in [4.78, 5) is 0. The predicted octanol–water partition coefficient (Wildman–Crippen LogP) is 2.83. The van der Waals surface area contributed by atoms with Gasteiger partial charge in [0.15, 0.2) is 11.5 Å². The quantitative estimate of drug-likeness (QED) is 0.674. The van der Waals surface area contributed by atoms with Crippen molar-refractivity contribution in [2.24, 2.45) is 0 Å². The number of hydrogen-bond acceptors (Lipinski definition) is 8. The van der Waals surface area contributed by atoms with Crippen molar-refractivity contribution in [1.29, 1.82) is 5.26 Å². The lowest BCUT2D eigenvalue weighted by molar-refractivity contribution is 0.287. The van der Waals surface area contributed by atoms with Gasteiger partial charge in [-0.2, -0.15) is 5.26 Å². The van der Waals surface area contributed by atoms with Crippen LogP contribution in [0.2, 0.25) is 0 Å². The Kier molecular flexibility index (Phi) is 4.30. The van der Waals surface area contributed by atoms with E-state index in [-0.39, 0.29) is 32.8 Å². The Bertz CT molecular complexity index is 798. The van der Waals surface area contributed by atoms with Gasteiger partial charge < -0.3 is 23.6 Å². The summed E-state index contributed by atoms with van der Waals surface area (Å²) in [6, 6.07) is 5.10. The summed E-state index contributed by atoms with van der Waals surface area (Å²) in [5, 5.41) is 9.15. The number of furan rings is 1. The lowest BCUT2D eigenvalue weighted by Crippen LogP contribution is -2.16. The van der Waals surface area contributed by atoms with Crippen molar-refractivity contribution in [2.75, 3.05) is 20.0 Å². The van der Waals surface area contributed by atoms with Crippen LogP contribution in [-0.4, -0.2) is 14.2 Å². The van der Waals surface area contributed by atoms with Gasteiger partial charge in [-0.25, -0.2) is 0 Å². The van der Waals surface area contributed by atoms with Gasteiger partial charge in [-0.3, -0.25) is 4.57 Å². The number of nitriles is 1. The normalized spacial score (nSPS) is 11.3. The molecule has 0 atom stereocenters. The number of nitrogen functional groups attached to an aromatic ring is 1. The molecule has 0 aromatic carbocycles. The molecule has 0 amide bonds. The van der Waals surface area contributed by atoms with E-state index in [0.29, 0.717) is 0 Å². The van der Waals surface area contributed by atoms with Crippen LogP contribution in [-0.2, 0) is 13.6 Å². The molecule has 0 aliphatic rings. The molecule has 0 fully saturated rings. The molecule has 0 radical (unpaired) electrons. The maximum Gasteiger partial charge on any atom is 0.367 e. The van der Waals surface area contributed by atoms with E-state index in [2.05, 4.69) is 0 Å². The Morgan fingerprint density at radius 2 is 2.10 bits per heavy atom. The maximum absolute atomic E-state index is 12.5. The average molecular weight is 326 g/mol. The summed E-state index contributed by atoms with van der Waals surface area (Å²) in [5.41, 5.74) is 5.74. The van der Waals surface area contributed by atoms with Crippen molar-refractivity contribution in [3.8, 4) is 17.6 Å². The first kappa shape index (κ1) is 15.5. The largest absolute Gasteiger partial charge is 0.461 e. The highest BCUT2D eigenvalue weighted by molar-refractivity contribution is 7.73. The van der Waals surface area contributed by atoms with Crippen LogP contribution >= 0.6 is 19.8 Å². The molecule has 2 N–H and O–H groups in total. The molecule has 0 spiro atoms. The highest BCUT2D eigenvalue weighted by atomic mass is 32.1. The van der Waals surface area contributed by atoms with E-state index in [1.54, 1.807) is 12.1 Å². The molecule has 0 saturated carbocycles. The average Bonchev–Trinajstić information content (AvgIpc) is 3.00. The Morgan fingerprint density at radius 3 is 2.57 bits per heavy atom.